The van der Waals surface area contributed by atoms with Gasteiger partial charge in [0, 0.05) is 5.69 Å². The first-order valence-electron chi connectivity index (χ1n) is 11.5. The molecule has 0 bridgehead atoms. The van der Waals surface area contributed by atoms with Crippen LogP contribution in [0.4, 0.5) is 32.0 Å². The quantitative estimate of drug-likeness (QED) is 0.254. The zero-order valence-corrected chi connectivity index (χ0v) is 21.2. The molecule has 0 unspecified atom stereocenters. The van der Waals surface area contributed by atoms with Crippen LogP contribution >= 0.6 is 0 Å². The lowest BCUT2D eigenvalue weighted by atomic mass is 10.1. The summed E-state index contributed by atoms with van der Waals surface area (Å²) in [5.74, 6) is -6.34. The topological polar surface area (TPSA) is 128 Å². The van der Waals surface area contributed by atoms with Gasteiger partial charge in [0.25, 0.3) is 5.91 Å². The number of halogens is 6. The minimum atomic E-state index is -4.87. The van der Waals surface area contributed by atoms with Gasteiger partial charge in [-0.25, -0.2) is 14.4 Å². The molecule has 9 nitrogen and oxygen atoms in total. The Hall–Kier alpha value is -5.08. The number of alkyl halides is 6. The number of rotatable bonds is 9. The van der Waals surface area contributed by atoms with Crippen LogP contribution in [0.1, 0.15) is 31.8 Å². The molecule has 2 N–H and O–H groups in total. The molecule has 0 saturated heterocycles. The largest absolute Gasteiger partial charge is 0.497 e. The third kappa shape index (κ3) is 7.99. The molecule has 3 rings (SSSR count). The molecule has 0 aliphatic heterocycles. The zero-order chi connectivity index (χ0) is 31.2. The third-order valence-corrected chi connectivity index (χ3v) is 5.45. The number of carbonyl (C=O) groups is 4. The van der Waals surface area contributed by atoms with Gasteiger partial charge >= 0.3 is 30.3 Å². The molecule has 1 amide bonds. The van der Waals surface area contributed by atoms with E-state index in [-0.39, 0.29) is 5.69 Å². The van der Waals surface area contributed by atoms with Crippen LogP contribution < -0.4 is 10.1 Å². The maximum Gasteiger partial charge on any atom is 0.416 e. The minimum Gasteiger partial charge on any atom is -0.497 e. The van der Waals surface area contributed by atoms with Crippen molar-refractivity contribution in [3.8, 4) is 5.75 Å². The third-order valence-electron chi connectivity index (χ3n) is 5.45. The van der Waals surface area contributed by atoms with Crippen molar-refractivity contribution in [3.63, 3.8) is 0 Å². The van der Waals surface area contributed by atoms with Crippen molar-refractivity contribution in [1.82, 2.24) is 0 Å². The highest BCUT2D eigenvalue weighted by Crippen LogP contribution is 2.31. The fourth-order valence-corrected chi connectivity index (χ4v) is 3.39. The normalized spacial score (nSPS) is 12.9. The standard InChI is InChI=1S/C27H19F6NO8/c1-40-19-10-8-18(9-11-19)34-22(35)20(41-24(38)14-4-2-6-16(12-14)26(28,29)30)21(23(36)37)42-25(39)15-5-3-7-17(13-15)27(31,32)33/h2-13,20-21H,1H3,(H,34,35)(H,36,37)/t20-,21-/m1/s1. The lowest BCUT2D eigenvalue weighted by Crippen LogP contribution is -2.48. The van der Waals surface area contributed by atoms with Crippen molar-refractivity contribution >= 4 is 29.5 Å². The number of esters is 2. The van der Waals surface area contributed by atoms with E-state index in [9.17, 15) is 50.6 Å². The second-order valence-corrected chi connectivity index (χ2v) is 8.36. The number of carboxylic acids is 1. The predicted octanol–water partition coefficient (Wildman–Crippen LogP) is 5.21. The Bertz CT molecular complexity index is 1470. The number of aliphatic carboxylic acids is 1. The average molecular weight is 599 g/mol. The number of carboxylic acid groups (broad SMARTS) is 1. The van der Waals surface area contributed by atoms with Crippen LogP contribution in [0.2, 0.25) is 0 Å². The van der Waals surface area contributed by atoms with Crippen molar-refractivity contribution in [3.05, 3.63) is 95.1 Å². The first kappa shape index (κ1) is 31.4. The van der Waals surface area contributed by atoms with E-state index in [2.05, 4.69) is 5.32 Å². The van der Waals surface area contributed by atoms with Gasteiger partial charge in [-0.1, -0.05) is 12.1 Å². The summed E-state index contributed by atoms with van der Waals surface area (Å²) in [6.45, 7) is 0. The van der Waals surface area contributed by atoms with Crippen LogP contribution in [0.5, 0.6) is 5.75 Å². The van der Waals surface area contributed by atoms with Crippen molar-refractivity contribution in [2.45, 2.75) is 24.6 Å². The van der Waals surface area contributed by atoms with Crippen molar-refractivity contribution in [2.24, 2.45) is 0 Å². The molecule has 2 atom stereocenters. The van der Waals surface area contributed by atoms with Gasteiger partial charge < -0.3 is 24.6 Å². The predicted molar refractivity (Wildman–Crippen MR) is 131 cm³/mol. The zero-order valence-electron chi connectivity index (χ0n) is 21.2. The number of hydrogen-bond donors (Lipinski definition) is 2. The number of carbonyl (C=O) groups excluding carboxylic acids is 3. The van der Waals surface area contributed by atoms with Crippen LogP contribution in [0.25, 0.3) is 0 Å². The second-order valence-electron chi connectivity index (χ2n) is 8.36. The summed E-state index contributed by atoms with van der Waals surface area (Å²) in [6, 6.07) is 10.9. The first-order valence-corrected chi connectivity index (χ1v) is 11.5. The molecular formula is C27H19F6NO8. The smallest absolute Gasteiger partial charge is 0.416 e. The molecule has 0 radical (unpaired) electrons. The lowest BCUT2D eigenvalue weighted by Gasteiger charge is -2.24. The highest BCUT2D eigenvalue weighted by molar-refractivity contribution is 6.01. The number of hydrogen-bond acceptors (Lipinski definition) is 7. The van der Waals surface area contributed by atoms with E-state index in [0.29, 0.717) is 30.0 Å². The Morgan fingerprint density at radius 3 is 1.57 bits per heavy atom. The van der Waals surface area contributed by atoms with Crippen LogP contribution in [0.15, 0.2) is 72.8 Å². The second kappa shape index (κ2) is 12.6. The summed E-state index contributed by atoms with van der Waals surface area (Å²) >= 11 is 0. The average Bonchev–Trinajstić information content (AvgIpc) is 2.94. The number of ether oxygens (including phenoxy) is 3. The number of amides is 1. The highest BCUT2D eigenvalue weighted by Gasteiger charge is 2.42. The highest BCUT2D eigenvalue weighted by atomic mass is 19.4. The molecule has 3 aromatic carbocycles. The van der Waals surface area contributed by atoms with Gasteiger partial charge in [-0.15, -0.1) is 0 Å². The summed E-state index contributed by atoms with van der Waals surface area (Å²) in [5.41, 5.74) is -4.01. The molecule has 0 heterocycles. The van der Waals surface area contributed by atoms with Crippen LogP contribution in [-0.2, 0) is 31.4 Å². The first-order chi connectivity index (χ1) is 19.6. The molecule has 0 saturated carbocycles. The van der Waals surface area contributed by atoms with Gasteiger partial charge in [-0.3, -0.25) is 4.79 Å². The molecular weight excluding hydrogens is 580 g/mol. The number of nitrogens with one attached hydrogen (secondary N) is 1. The molecule has 0 fully saturated rings. The monoisotopic (exact) mass is 599 g/mol. The van der Waals surface area contributed by atoms with Crippen LogP contribution in [0.3, 0.4) is 0 Å². The van der Waals surface area contributed by atoms with E-state index in [0.717, 1.165) is 24.3 Å². The van der Waals surface area contributed by atoms with E-state index in [1.807, 2.05) is 0 Å². The molecule has 222 valence electrons. The van der Waals surface area contributed by atoms with Gasteiger partial charge in [0.15, 0.2) is 0 Å². The number of anilines is 1. The summed E-state index contributed by atoms with van der Waals surface area (Å²) in [4.78, 5) is 50.6. The maximum atomic E-state index is 13.1. The van der Waals surface area contributed by atoms with Crippen LogP contribution in [-0.4, -0.2) is 48.2 Å². The van der Waals surface area contributed by atoms with E-state index in [4.69, 9.17) is 14.2 Å². The minimum absolute atomic E-state index is 0.00858. The molecule has 15 heteroatoms. The number of methoxy groups -OCH3 is 1. The Kier molecular flexibility index (Phi) is 9.45. The summed E-state index contributed by atoms with van der Waals surface area (Å²) < 4.78 is 93.3. The van der Waals surface area contributed by atoms with E-state index in [1.165, 1.54) is 31.4 Å². The van der Waals surface area contributed by atoms with E-state index in [1.54, 1.807) is 0 Å². The van der Waals surface area contributed by atoms with Crippen molar-refractivity contribution < 1.29 is 64.8 Å². The van der Waals surface area contributed by atoms with Gasteiger partial charge in [0.2, 0.25) is 12.2 Å². The Morgan fingerprint density at radius 1 is 0.714 bits per heavy atom. The maximum absolute atomic E-state index is 13.1. The fourth-order valence-electron chi connectivity index (χ4n) is 3.39. The van der Waals surface area contributed by atoms with Gasteiger partial charge in [-0.05, 0) is 60.7 Å². The summed E-state index contributed by atoms with van der Waals surface area (Å²) in [5, 5.41) is 12.0. The van der Waals surface area contributed by atoms with Crippen LogP contribution in [0, 0.1) is 0 Å². The molecule has 0 spiro atoms. The Morgan fingerprint density at radius 2 is 1.17 bits per heavy atom. The molecule has 3 aromatic rings. The molecule has 42 heavy (non-hydrogen) atoms. The molecule has 0 aliphatic rings. The summed E-state index contributed by atoms with van der Waals surface area (Å²) in [6.07, 6.45) is -14.9. The SMILES string of the molecule is COc1ccc(NC(=O)[C@H](OC(=O)c2cccc(C(F)(F)F)c2)[C@@H](OC(=O)c2cccc(C(F)(F)F)c2)C(=O)O)cc1. The van der Waals surface area contributed by atoms with E-state index >= 15 is 0 Å². The molecule has 0 aromatic heterocycles. The lowest BCUT2D eigenvalue weighted by molar-refractivity contribution is -0.157. The molecule has 0 aliphatic carbocycles. The number of benzene rings is 3. The fraction of sp³-hybridized carbons (Fsp3) is 0.185. The van der Waals surface area contributed by atoms with Gasteiger partial charge in [0.1, 0.15) is 5.75 Å². The van der Waals surface area contributed by atoms with Gasteiger partial charge in [0.05, 0.1) is 29.4 Å². The van der Waals surface area contributed by atoms with Gasteiger partial charge in [-0.2, -0.15) is 26.3 Å². The summed E-state index contributed by atoms with van der Waals surface area (Å²) in [7, 11) is 1.35. The Balaban J connectivity index is 1.96. The Labute approximate surface area is 232 Å². The van der Waals surface area contributed by atoms with Crippen molar-refractivity contribution in [1.29, 1.82) is 0 Å². The van der Waals surface area contributed by atoms with E-state index < -0.39 is 70.6 Å². The van der Waals surface area contributed by atoms with Crippen molar-refractivity contribution in [2.75, 3.05) is 12.4 Å².